The van der Waals surface area contributed by atoms with Crippen molar-refractivity contribution >= 4 is 0 Å². The van der Waals surface area contributed by atoms with E-state index >= 15 is 0 Å². The van der Waals surface area contributed by atoms with Crippen LogP contribution in [0.3, 0.4) is 0 Å². The summed E-state index contributed by atoms with van der Waals surface area (Å²) >= 11 is 0. The second-order valence-electron chi connectivity index (χ2n) is 6.25. The van der Waals surface area contributed by atoms with Crippen molar-refractivity contribution < 1.29 is 107 Å². The Morgan fingerprint density at radius 1 is 0.229 bits per heavy atom. The number of hydrogen-bond acceptors (Lipinski definition) is 2. The smallest absolute Gasteiger partial charge is 0.335 e. The normalized spacial score (nSPS) is 17.1. The molecule has 212 valence electrons. The molecule has 2 N–H and O–H groups in total. The molecule has 0 fully saturated rings. The van der Waals surface area contributed by atoms with Gasteiger partial charge in [-0.1, -0.05) is 0 Å². The maximum atomic E-state index is 13.3. The van der Waals surface area contributed by atoms with Crippen molar-refractivity contribution in [1.82, 2.24) is 0 Å². The van der Waals surface area contributed by atoms with Crippen LogP contribution >= 0.6 is 0 Å². The summed E-state index contributed by atoms with van der Waals surface area (Å²) < 4.78 is 283. The third-order valence-corrected chi connectivity index (χ3v) is 3.91. The second kappa shape index (κ2) is 7.69. The topological polar surface area (TPSA) is 40.5 Å². The van der Waals surface area contributed by atoms with Gasteiger partial charge in [0.25, 0.3) is 0 Å². The van der Waals surface area contributed by atoms with E-state index in [4.69, 9.17) is 10.2 Å². The molecule has 0 unspecified atom stereocenters. The number of hydrogen-bond donors (Lipinski definition) is 2. The molecule has 0 saturated heterocycles. The molecular weight excluding hydrogens is 582 g/mol. The highest BCUT2D eigenvalue weighted by molar-refractivity contribution is 5.18. The van der Waals surface area contributed by atoms with E-state index in [1.165, 1.54) is 0 Å². The Bertz CT molecular complexity index is 720. The Morgan fingerprint density at radius 2 is 0.371 bits per heavy atom. The lowest BCUT2D eigenvalue weighted by molar-refractivity contribution is -0.490. The summed E-state index contributed by atoms with van der Waals surface area (Å²) in [6.07, 6.45) is -8.08. The monoisotopic (exact) mass is 584 g/mol. The van der Waals surface area contributed by atoms with Crippen LogP contribution in [0.15, 0.2) is 0 Å². The predicted molar refractivity (Wildman–Crippen MR) is 58.9 cm³/mol. The molecule has 2 nitrogen and oxygen atoms in total. The summed E-state index contributed by atoms with van der Waals surface area (Å²) in [4.78, 5) is 0. The standard InChI is InChI=1S/C11H2F22O2/c12-1(13,2(14,15)4(18,19)6(22,23)8(26,27)10(30,31)32)3(16,17)5(20,21)7(24,25)9(28,29)11(33,34)35/h34-35H. The minimum absolute atomic E-state index is 7.11. The van der Waals surface area contributed by atoms with Crippen molar-refractivity contribution in [1.29, 1.82) is 0 Å². The minimum atomic E-state index is -9.39. The fraction of sp³-hybridized carbons (Fsp3) is 1.00. The van der Waals surface area contributed by atoms with Crippen molar-refractivity contribution in [2.24, 2.45) is 0 Å². The van der Waals surface area contributed by atoms with E-state index in [2.05, 4.69) is 0 Å². The van der Waals surface area contributed by atoms with Crippen molar-refractivity contribution in [2.45, 2.75) is 65.5 Å². The van der Waals surface area contributed by atoms with Crippen LogP contribution in [-0.4, -0.2) is 75.7 Å². The molecule has 0 spiro atoms. The Morgan fingerprint density at radius 3 is 0.514 bits per heavy atom. The SMILES string of the molecule is OC(O)(F)C(F)(F)C(F)(F)C(F)(F)C(F)(F)C(F)(F)C(F)(F)C(F)(F)C(F)(F)C(F)(F)C(F)(F)F. The van der Waals surface area contributed by atoms with Gasteiger partial charge >= 0.3 is 65.5 Å². The average Bonchev–Trinajstić information content (AvgIpc) is 2.58. The van der Waals surface area contributed by atoms with Crippen LogP contribution in [0, 0.1) is 0 Å². The number of alkyl halides is 22. The summed E-state index contributed by atoms with van der Waals surface area (Å²) in [5.74, 6) is -80.8. The zero-order chi connectivity index (χ0) is 29.5. The average molecular weight is 584 g/mol. The minimum Gasteiger partial charge on any atom is -0.335 e. The Kier molecular flexibility index (Phi) is 7.34. The van der Waals surface area contributed by atoms with E-state index in [1.807, 2.05) is 0 Å². The van der Waals surface area contributed by atoms with Crippen LogP contribution in [0.25, 0.3) is 0 Å². The third kappa shape index (κ3) is 3.83. The summed E-state index contributed by atoms with van der Waals surface area (Å²) in [7, 11) is 0. The first-order chi connectivity index (χ1) is 14.5. The molecule has 0 atom stereocenters. The van der Waals surface area contributed by atoms with Crippen LogP contribution in [0.4, 0.5) is 96.6 Å². The van der Waals surface area contributed by atoms with Gasteiger partial charge in [0.05, 0.1) is 0 Å². The van der Waals surface area contributed by atoms with Crippen LogP contribution in [-0.2, 0) is 0 Å². The Balaban J connectivity index is 7.15. The summed E-state index contributed by atoms with van der Waals surface area (Å²) in [6.45, 7) is 0. The number of aliphatic hydroxyl groups is 2. The lowest BCUT2D eigenvalue weighted by Crippen LogP contribution is -2.77. The zero-order valence-electron chi connectivity index (χ0n) is 14.7. The van der Waals surface area contributed by atoms with E-state index in [0.717, 1.165) is 0 Å². The molecule has 35 heavy (non-hydrogen) atoms. The summed E-state index contributed by atoms with van der Waals surface area (Å²) in [6, 6.07) is -7.11. The lowest BCUT2D eigenvalue weighted by Gasteiger charge is -2.44. The molecule has 0 radical (unpaired) electrons. The highest BCUT2D eigenvalue weighted by Crippen LogP contribution is 2.66. The van der Waals surface area contributed by atoms with Gasteiger partial charge in [-0.3, -0.25) is 0 Å². The third-order valence-electron chi connectivity index (χ3n) is 3.91. The van der Waals surface area contributed by atoms with Crippen molar-refractivity contribution in [3.05, 3.63) is 0 Å². The first-order valence-electron chi connectivity index (χ1n) is 7.10. The molecule has 24 heteroatoms. The van der Waals surface area contributed by atoms with Crippen LogP contribution < -0.4 is 0 Å². The van der Waals surface area contributed by atoms with Gasteiger partial charge in [-0.25, -0.2) is 0 Å². The van der Waals surface area contributed by atoms with Gasteiger partial charge in [0, 0.05) is 0 Å². The van der Waals surface area contributed by atoms with Crippen LogP contribution in [0.5, 0.6) is 0 Å². The molecule has 0 amide bonds. The number of halogens is 22. The molecule has 0 aliphatic carbocycles. The maximum Gasteiger partial charge on any atom is 0.460 e. The van der Waals surface area contributed by atoms with Gasteiger partial charge in [-0.2, -0.15) is 96.6 Å². The van der Waals surface area contributed by atoms with E-state index in [1.54, 1.807) is 0 Å². The van der Waals surface area contributed by atoms with Crippen molar-refractivity contribution in [3.8, 4) is 0 Å². The molecule has 0 aliphatic heterocycles. The van der Waals surface area contributed by atoms with Gasteiger partial charge < -0.3 is 10.2 Å². The largest absolute Gasteiger partial charge is 0.460 e. The van der Waals surface area contributed by atoms with E-state index in [9.17, 15) is 96.6 Å². The van der Waals surface area contributed by atoms with Gasteiger partial charge in [0.15, 0.2) is 0 Å². The highest BCUT2D eigenvalue weighted by atomic mass is 19.4. The highest BCUT2D eigenvalue weighted by Gasteiger charge is 2.98. The van der Waals surface area contributed by atoms with Gasteiger partial charge in [0.2, 0.25) is 0 Å². The summed E-state index contributed by atoms with van der Waals surface area (Å²) in [5.41, 5.74) is 0. The van der Waals surface area contributed by atoms with Crippen molar-refractivity contribution in [2.75, 3.05) is 0 Å². The lowest BCUT2D eigenvalue weighted by atomic mass is 9.86. The second-order valence-corrected chi connectivity index (χ2v) is 6.25. The van der Waals surface area contributed by atoms with Crippen LogP contribution in [0.1, 0.15) is 0 Å². The fourth-order valence-corrected chi connectivity index (χ4v) is 1.76. The quantitative estimate of drug-likeness (QED) is 0.263. The Labute approximate surface area is 174 Å². The number of rotatable bonds is 9. The predicted octanol–water partition coefficient (Wildman–Crippen LogP) is 5.87. The van der Waals surface area contributed by atoms with E-state index < -0.39 is 65.5 Å². The summed E-state index contributed by atoms with van der Waals surface area (Å²) in [5, 5.41) is 15.2. The molecule has 0 aromatic heterocycles. The van der Waals surface area contributed by atoms with E-state index in [0.29, 0.717) is 0 Å². The first kappa shape index (κ1) is 33.4. The van der Waals surface area contributed by atoms with Crippen LogP contribution in [0.2, 0.25) is 0 Å². The van der Waals surface area contributed by atoms with Crippen molar-refractivity contribution in [3.63, 3.8) is 0 Å². The molecule has 0 saturated carbocycles. The first-order valence-corrected chi connectivity index (χ1v) is 7.10. The molecule has 0 aliphatic rings. The molecule has 0 aromatic rings. The van der Waals surface area contributed by atoms with Gasteiger partial charge in [-0.15, -0.1) is 0 Å². The zero-order valence-corrected chi connectivity index (χ0v) is 14.7. The molecule has 0 bridgehead atoms. The molecular formula is C11H2F22O2. The van der Waals surface area contributed by atoms with E-state index in [-0.39, 0.29) is 0 Å². The Hall–Kier alpha value is -1.62. The van der Waals surface area contributed by atoms with Gasteiger partial charge in [0.1, 0.15) is 0 Å². The molecule has 0 aromatic carbocycles. The maximum absolute atomic E-state index is 13.3. The van der Waals surface area contributed by atoms with Gasteiger partial charge in [-0.05, 0) is 0 Å². The molecule has 0 rings (SSSR count). The molecule has 0 heterocycles. The fourth-order valence-electron chi connectivity index (χ4n) is 1.76.